The highest BCUT2D eigenvalue weighted by Gasteiger charge is 2.58. The van der Waals surface area contributed by atoms with Gasteiger partial charge in [0.2, 0.25) is 0 Å². The van der Waals surface area contributed by atoms with E-state index >= 15 is 0 Å². The number of ether oxygens (including phenoxy) is 1. The van der Waals surface area contributed by atoms with Gasteiger partial charge in [0.25, 0.3) is 0 Å². The minimum atomic E-state index is -0.181. The first-order chi connectivity index (χ1) is 8.22. The summed E-state index contributed by atoms with van der Waals surface area (Å²) in [6.07, 6.45) is 3.59. The number of nitrogens with two attached hydrogens (primary N) is 1. The van der Waals surface area contributed by atoms with Gasteiger partial charge in [-0.3, -0.25) is 0 Å². The molecular weight excluding hydrogens is 217 g/mol. The van der Waals surface area contributed by atoms with E-state index in [9.17, 15) is 4.39 Å². The van der Waals surface area contributed by atoms with Crippen LogP contribution >= 0.6 is 0 Å². The van der Waals surface area contributed by atoms with E-state index in [-0.39, 0.29) is 16.6 Å². The summed E-state index contributed by atoms with van der Waals surface area (Å²) in [6, 6.07) is 6.87. The first-order valence-corrected chi connectivity index (χ1v) is 6.26. The Morgan fingerprint density at radius 1 is 1.18 bits per heavy atom. The normalized spacial score (nSPS) is 24.8. The molecule has 0 amide bonds. The SMILES string of the molecule is NCC1(C2(c3ccc(F)cc3)COC2)CCC1. The van der Waals surface area contributed by atoms with Crippen LogP contribution in [0, 0.1) is 11.2 Å². The molecule has 0 spiro atoms. The van der Waals surface area contributed by atoms with Crippen molar-refractivity contribution in [3.05, 3.63) is 35.6 Å². The van der Waals surface area contributed by atoms with Crippen LogP contribution in [0.2, 0.25) is 0 Å². The summed E-state index contributed by atoms with van der Waals surface area (Å²) in [6.45, 7) is 2.17. The van der Waals surface area contributed by atoms with Crippen molar-refractivity contribution in [2.45, 2.75) is 24.7 Å². The van der Waals surface area contributed by atoms with Gasteiger partial charge in [0, 0.05) is 5.41 Å². The molecule has 2 N–H and O–H groups in total. The molecule has 1 saturated heterocycles. The van der Waals surface area contributed by atoms with Crippen molar-refractivity contribution in [1.82, 2.24) is 0 Å². The third-order valence-corrected chi connectivity index (χ3v) is 4.81. The number of hydrogen-bond donors (Lipinski definition) is 1. The van der Waals surface area contributed by atoms with E-state index in [1.54, 1.807) is 0 Å². The van der Waals surface area contributed by atoms with E-state index in [4.69, 9.17) is 10.5 Å². The molecule has 0 unspecified atom stereocenters. The van der Waals surface area contributed by atoms with Crippen LogP contribution in [0.25, 0.3) is 0 Å². The maximum atomic E-state index is 13.0. The van der Waals surface area contributed by atoms with Crippen molar-refractivity contribution >= 4 is 0 Å². The van der Waals surface area contributed by atoms with Crippen LogP contribution in [0.15, 0.2) is 24.3 Å². The summed E-state index contributed by atoms with van der Waals surface area (Å²) in [5.41, 5.74) is 7.41. The predicted molar refractivity (Wildman–Crippen MR) is 64.2 cm³/mol. The maximum absolute atomic E-state index is 13.0. The fourth-order valence-electron chi connectivity index (χ4n) is 3.34. The number of hydrogen-bond acceptors (Lipinski definition) is 2. The molecule has 2 nitrogen and oxygen atoms in total. The minimum Gasteiger partial charge on any atom is -0.379 e. The Balaban J connectivity index is 1.99. The molecule has 0 radical (unpaired) electrons. The standard InChI is InChI=1S/C14H18FNO/c15-12-4-2-11(3-5-12)14(9-17-10-14)13(8-16)6-1-7-13/h2-5H,1,6-10,16H2. The molecule has 2 aliphatic rings. The van der Waals surface area contributed by atoms with E-state index in [1.807, 2.05) is 12.1 Å². The van der Waals surface area contributed by atoms with Crippen LogP contribution in [0.4, 0.5) is 4.39 Å². The summed E-state index contributed by atoms with van der Waals surface area (Å²) in [5, 5.41) is 0. The molecule has 0 aromatic heterocycles. The van der Waals surface area contributed by atoms with E-state index in [0.29, 0.717) is 6.54 Å². The molecule has 1 aliphatic heterocycles. The van der Waals surface area contributed by atoms with Crippen LogP contribution in [-0.2, 0) is 10.2 Å². The minimum absolute atomic E-state index is 0.0354. The van der Waals surface area contributed by atoms with Gasteiger partial charge in [-0.25, -0.2) is 4.39 Å². The molecular formula is C14H18FNO. The summed E-state index contributed by atoms with van der Waals surface area (Å²) in [4.78, 5) is 0. The van der Waals surface area contributed by atoms with Gasteiger partial charge in [-0.2, -0.15) is 0 Å². The third kappa shape index (κ3) is 1.39. The molecule has 17 heavy (non-hydrogen) atoms. The lowest BCUT2D eigenvalue weighted by molar-refractivity contribution is -0.154. The maximum Gasteiger partial charge on any atom is 0.123 e. The van der Waals surface area contributed by atoms with Gasteiger partial charge in [-0.1, -0.05) is 18.6 Å². The Hall–Kier alpha value is -0.930. The monoisotopic (exact) mass is 235 g/mol. The molecule has 92 valence electrons. The molecule has 1 aromatic carbocycles. The molecule has 1 heterocycles. The highest BCUT2D eigenvalue weighted by atomic mass is 19.1. The van der Waals surface area contributed by atoms with E-state index in [0.717, 1.165) is 13.2 Å². The highest BCUT2D eigenvalue weighted by Crippen LogP contribution is 2.57. The lowest BCUT2D eigenvalue weighted by Gasteiger charge is -2.60. The number of halogens is 1. The van der Waals surface area contributed by atoms with E-state index < -0.39 is 0 Å². The molecule has 2 fully saturated rings. The van der Waals surface area contributed by atoms with Crippen molar-refractivity contribution in [3.8, 4) is 0 Å². The second-order valence-electron chi connectivity index (χ2n) is 5.42. The fraction of sp³-hybridized carbons (Fsp3) is 0.571. The molecule has 0 bridgehead atoms. The van der Waals surface area contributed by atoms with Gasteiger partial charge >= 0.3 is 0 Å². The van der Waals surface area contributed by atoms with Crippen LogP contribution in [-0.4, -0.2) is 19.8 Å². The summed E-state index contributed by atoms with van der Waals surface area (Å²) >= 11 is 0. The fourth-order valence-corrected chi connectivity index (χ4v) is 3.34. The van der Waals surface area contributed by atoms with Gasteiger partial charge in [0.05, 0.1) is 13.2 Å². The van der Waals surface area contributed by atoms with Crippen LogP contribution < -0.4 is 5.73 Å². The quantitative estimate of drug-likeness (QED) is 0.872. The largest absolute Gasteiger partial charge is 0.379 e. The second kappa shape index (κ2) is 3.79. The van der Waals surface area contributed by atoms with Gasteiger partial charge in [0.1, 0.15) is 5.82 Å². The summed E-state index contributed by atoms with van der Waals surface area (Å²) < 4.78 is 18.5. The Kier molecular flexibility index (Phi) is 2.49. The zero-order valence-electron chi connectivity index (χ0n) is 9.92. The topological polar surface area (TPSA) is 35.2 Å². The van der Waals surface area contributed by atoms with Crippen molar-refractivity contribution in [1.29, 1.82) is 0 Å². The molecule has 1 saturated carbocycles. The Morgan fingerprint density at radius 3 is 2.18 bits per heavy atom. The van der Waals surface area contributed by atoms with Crippen molar-refractivity contribution in [2.75, 3.05) is 19.8 Å². The van der Waals surface area contributed by atoms with Crippen LogP contribution in [0.5, 0.6) is 0 Å². The average Bonchev–Trinajstić information content (AvgIpc) is 2.22. The molecule has 3 rings (SSSR count). The zero-order chi connectivity index (χ0) is 11.9. The van der Waals surface area contributed by atoms with Crippen molar-refractivity contribution < 1.29 is 9.13 Å². The van der Waals surface area contributed by atoms with Crippen molar-refractivity contribution in [2.24, 2.45) is 11.1 Å². The van der Waals surface area contributed by atoms with Crippen molar-refractivity contribution in [3.63, 3.8) is 0 Å². The lowest BCUT2D eigenvalue weighted by Crippen LogP contribution is -2.64. The molecule has 0 atom stereocenters. The van der Waals surface area contributed by atoms with Crippen LogP contribution in [0.1, 0.15) is 24.8 Å². The Bertz CT molecular complexity index is 401. The molecule has 3 heteroatoms. The average molecular weight is 235 g/mol. The summed E-state index contributed by atoms with van der Waals surface area (Å²) in [7, 11) is 0. The summed E-state index contributed by atoms with van der Waals surface area (Å²) in [5.74, 6) is -0.181. The first-order valence-electron chi connectivity index (χ1n) is 6.26. The van der Waals surface area contributed by atoms with E-state index in [1.165, 1.54) is 37.0 Å². The van der Waals surface area contributed by atoms with E-state index in [2.05, 4.69) is 0 Å². The molecule has 1 aliphatic carbocycles. The van der Waals surface area contributed by atoms with Gasteiger partial charge < -0.3 is 10.5 Å². The van der Waals surface area contributed by atoms with Crippen LogP contribution in [0.3, 0.4) is 0 Å². The molecule has 1 aromatic rings. The highest BCUT2D eigenvalue weighted by molar-refractivity contribution is 5.33. The first kappa shape index (κ1) is 11.2. The van der Waals surface area contributed by atoms with Gasteiger partial charge in [0.15, 0.2) is 0 Å². The third-order valence-electron chi connectivity index (χ3n) is 4.81. The zero-order valence-corrected chi connectivity index (χ0v) is 9.92. The Morgan fingerprint density at radius 2 is 1.82 bits per heavy atom. The Labute approximate surface area is 101 Å². The smallest absolute Gasteiger partial charge is 0.123 e. The van der Waals surface area contributed by atoms with Gasteiger partial charge in [-0.05, 0) is 42.5 Å². The number of rotatable bonds is 3. The van der Waals surface area contributed by atoms with Gasteiger partial charge in [-0.15, -0.1) is 0 Å². The number of benzene rings is 1. The lowest BCUT2D eigenvalue weighted by atomic mass is 9.50. The predicted octanol–water partition coefficient (Wildman–Crippen LogP) is 2.22. The second-order valence-corrected chi connectivity index (χ2v) is 5.42.